The number of ether oxygens (including phenoxy) is 1. The number of aryl methyl sites for hydroxylation is 2. The summed E-state index contributed by atoms with van der Waals surface area (Å²) in [5.41, 5.74) is 5.65. The minimum absolute atomic E-state index is 0.598. The van der Waals surface area contributed by atoms with Gasteiger partial charge in [-0.15, -0.1) is 0 Å². The molecule has 0 unspecified atom stereocenters. The molecule has 6 nitrogen and oxygen atoms in total. The number of hydrogen-bond acceptors (Lipinski definition) is 4. The van der Waals surface area contributed by atoms with E-state index in [1.807, 2.05) is 18.2 Å². The van der Waals surface area contributed by atoms with Gasteiger partial charge in [0.2, 0.25) is 0 Å². The fourth-order valence-corrected chi connectivity index (χ4v) is 3.42. The Bertz CT molecular complexity index is 944. The molecule has 3 rings (SSSR count). The minimum Gasteiger partial charge on any atom is -0.372 e. The summed E-state index contributed by atoms with van der Waals surface area (Å²) >= 11 is 0. The van der Waals surface area contributed by atoms with Crippen molar-refractivity contribution in [1.82, 2.24) is 15.8 Å². The van der Waals surface area contributed by atoms with Crippen molar-refractivity contribution >= 4 is 5.96 Å². The quantitative estimate of drug-likeness (QED) is 0.336. The highest BCUT2D eigenvalue weighted by Crippen LogP contribution is 2.15. The monoisotopic (exact) mass is 434 g/mol. The van der Waals surface area contributed by atoms with Crippen LogP contribution in [0.15, 0.2) is 64.1 Å². The predicted octanol–water partition coefficient (Wildman–Crippen LogP) is 4.77. The van der Waals surface area contributed by atoms with Crippen molar-refractivity contribution in [3.8, 4) is 0 Å². The zero-order chi connectivity index (χ0) is 22.6. The summed E-state index contributed by atoms with van der Waals surface area (Å²) in [5.74, 6) is 1.73. The Morgan fingerprint density at radius 1 is 0.875 bits per heavy atom. The van der Waals surface area contributed by atoms with E-state index < -0.39 is 0 Å². The molecule has 0 bridgehead atoms. The Balaban J connectivity index is 1.52. The van der Waals surface area contributed by atoms with Gasteiger partial charge in [0.1, 0.15) is 5.76 Å². The van der Waals surface area contributed by atoms with Crippen molar-refractivity contribution < 1.29 is 9.26 Å². The number of guanidine groups is 1. The molecule has 2 N–H and O–H groups in total. The standard InChI is InChI=1S/C26H34N4O2/c1-4-24-23(25(5-2)32-30-24)17-29-26(27-6-3)28-16-20-12-14-22(15-13-20)19-31-18-21-10-8-7-9-11-21/h7-15H,4-6,16-19H2,1-3H3,(H2,27,28,29). The van der Waals surface area contributed by atoms with Crippen LogP contribution in [0, 0.1) is 0 Å². The van der Waals surface area contributed by atoms with Crippen molar-refractivity contribution in [3.63, 3.8) is 0 Å². The molecule has 2 aromatic carbocycles. The third-order valence-corrected chi connectivity index (χ3v) is 5.21. The SMILES string of the molecule is CCNC(=NCc1ccc(COCc2ccccc2)cc1)NCc1c(CC)noc1CC. The maximum absolute atomic E-state index is 5.82. The molecule has 0 spiro atoms. The minimum atomic E-state index is 0.598. The molecule has 0 amide bonds. The number of rotatable bonds is 11. The Morgan fingerprint density at radius 3 is 2.22 bits per heavy atom. The van der Waals surface area contributed by atoms with Crippen LogP contribution in [0.3, 0.4) is 0 Å². The van der Waals surface area contributed by atoms with Gasteiger partial charge in [-0.1, -0.05) is 73.6 Å². The Kier molecular flexibility index (Phi) is 9.32. The van der Waals surface area contributed by atoms with E-state index in [0.29, 0.717) is 26.3 Å². The molecule has 0 aliphatic carbocycles. The van der Waals surface area contributed by atoms with Crippen LogP contribution in [0.25, 0.3) is 0 Å². The number of benzene rings is 2. The molecule has 0 saturated carbocycles. The second-order valence-corrected chi connectivity index (χ2v) is 7.58. The third kappa shape index (κ3) is 6.95. The van der Waals surface area contributed by atoms with Gasteiger partial charge in [0.15, 0.2) is 5.96 Å². The second kappa shape index (κ2) is 12.7. The van der Waals surface area contributed by atoms with E-state index in [2.05, 4.69) is 73.0 Å². The van der Waals surface area contributed by atoms with Gasteiger partial charge in [-0.2, -0.15) is 0 Å². The highest BCUT2D eigenvalue weighted by molar-refractivity contribution is 5.79. The lowest BCUT2D eigenvalue weighted by Gasteiger charge is -2.12. The van der Waals surface area contributed by atoms with Gasteiger partial charge in [0.05, 0.1) is 25.5 Å². The molecule has 0 fully saturated rings. The summed E-state index contributed by atoms with van der Waals surface area (Å²) in [6.07, 6.45) is 1.69. The van der Waals surface area contributed by atoms with Crippen LogP contribution < -0.4 is 10.6 Å². The molecule has 0 saturated heterocycles. The molecule has 3 aromatic rings. The number of hydrogen-bond donors (Lipinski definition) is 2. The Labute approximate surface area is 191 Å². The first kappa shape index (κ1) is 23.5. The average molecular weight is 435 g/mol. The maximum atomic E-state index is 5.82. The normalized spacial score (nSPS) is 11.5. The zero-order valence-electron chi connectivity index (χ0n) is 19.4. The van der Waals surface area contributed by atoms with Crippen molar-refractivity contribution in [2.45, 2.75) is 59.9 Å². The topological polar surface area (TPSA) is 71.7 Å². The summed E-state index contributed by atoms with van der Waals surface area (Å²) in [6, 6.07) is 18.7. The van der Waals surface area contributed by atoms with E-state index in [0.717, 1.165) is 53.5 Å². The molecule has 0 atom stereocenters. The predicted molar refractivity (Wildman–Crippen MR) is 128 cm³/mol. The van der Waals surface area contributed by atoms with Crippen molar-refractivity contribution in [2.75, 3.05) is 6.54 Å². The fourth-order valence-electron chi connectivity index (χ4n) is 3.42. The highest BCUT2D eigenvalue weighted by Gasteiger charge is 2.13. The van der Waals surface area contributed by atoms with Crippen LogP contribution >= 0.6 is 0 Å². The number of nitrogens with one attached hydrogen (secondary N) is 2. The average Bonchev–Trinajstić information content (AvgIpc) is 3.24. The largest absolute Gasteiger partial charge is 0.372 e. The van der Waals surface area contributed by atoms with Crippen LogP contribution in [0.4, 0.5) is 0 Å². The first-order valence-electron chi connectivity index (χ1n) is 11.4. The highest BCUT2D eigenvalue weighted by atomic mass is 16.5. The molecule has 0 aliphatic rings. The molecular weight excluding hydrogens is 400 g/mol. The van der Waals surface area contributed by atoms with E-state index in [-0.39, 0.29) is 0 Å². The van der Waals surface area contributed by atoms with E-state index in [1.54, 1.807) is 0 Å². The fraction of sp³-hybridized carbons (Fsp3) is 0.385. The Morgan fingerprint density at radius 2 is 1.56 bits per heavy atom. The molecule has 170 valence electrons. The van der Waals surface area contributed by atoms with Crippen LogP contribution in [0.5, 0.6) is 0 Å². The number of aliphatic imine (C=N–C) groups is 1. The van der Waals surface area contributed by atoms with E-state index in [1.165, 1.54) is 5.56 Å². The Hall–Kier alpha value is -3.12. The van der Waals surface area contributed by atoms with E-state index in [9.17, 15) is 0 Å². The van der Waals surface area contributed by atoms with Gasteiger partial charge in [-0.3, -0.25) is 0 Å². The molecule has 0 aliphatic heterocycles. The maximum Gasteiger partial charge on any atom is 0.191 e. The smallest absolute Gasteiger partial charge is 0.191 e. The van der Waals surface area contributed by atoms with Crippen LogP contribution in [0.2, 0.25) is 0 Å². The van der Waals surface area contributed by atoms with Gasteiger partial charge in [-0.25, -0.2) is 4.99 Å². The van der Waals surface area contributed by atoms with Gasteiger partial charge < -0.3 is 19.9 Å². The lowest BCUT2D eigenvalue weighted by atomic mass is 10.1. The molecule has 0 radical (unpaired) electrons. The lowest BCUT2D eigenvalue weighted by molar-refractivity contribution is 0.107. The third-order valence-electron chi connectivity index (χ3n) is 5.21. The number of nitrogens with zero attached hydrogens (tertiary/aromatic N) is 2. The van der Waals surface area contributed by atoms with Gasteiger partial charge in [0.25, 0.3) is 0 Å². The van der Waals surface area contributed by atoms with Crippen molar-refractivity contribution in [2.24, 2.45) is 4.99 Å². The van der Waals surface area contributed by atoms with Gasteiger partial charge >= 0.3 is 0 Å². The van der Waals surface area contributed by atoms with Crippen LogP contribution in [0.1, 0.15) is 54.5 Å². The zero-order valence-corrected chi connectivity index (χ0v) is 19.4. The summed E-state index contributed by atoms with van der Waals surface area (Å²) in [6.45, 7) is 9.52. The van der Waals surface area contributed by atoms with Crippen molar-refractivity contribution in [3.05, 3.63) is 88.3 Å². The second-order valence-electron chi connectivity index (χ2n) is 7.58. The summed E-state index contributed by atoms with van der Waals surface area (Å²) in [5, 5.41) is 10.9. The summed E-state index contributed by atoms with van der Waals surface area (Å²) < 4.78 is 11.3. The molecule has 1 heterocycles. The molecule has 1 aromatic heterocycles. The van der Waals surface area contributed by atoms with Crippen LogP contribution in [-0.2, 0) is 43.9 Å². The molecule has 6 heteroatoms. The summed E-state index contributed by atoms with van der Waals surface area (Å²) in [7, 11) is 0. The molecular formula is C26H34N4O2. The van der Waals surface area contributed by atoms with E-state index in [4.69, 9.17) is 14.3 Å². The first-order chi connectivity index (χ1) is 15.7. The first-order valence-corrected chi connectivity index (χ1v) is 11.4. The lowest BCUT2D eigenvalue weighted by Crippen LogP contribution is -2.37. The van der Waals surface area contributed by atoms with Gasteiger partial charge in [0, 0.05) is 25.1 Å². The van der Waals surface area contributed by atoms with E-state index >= 15 is 0 Å². The van der Waals surface area contributed by atoms with Gasteiger partial charge in [-0.05, 0) is 30.0 Å². The van der Waals surface area contributed by atoms with Crippen molar-refractivity contribution in [1.29, 1.82) is 0 Å². The van der Waals surface area contributed by atoms with Crippen LogP contribution in [-0.4, -0.2) is 17.7 Å². The number of aromatic nitrogens is 1. The summed E-state index contributed by atoms with van der Waals surface area (Å²) in [4.78, 5) is 4.74. The molecule has 32 heavy (non-hydrogen) atoms.